The monoisotopic (exact) mass is 341 g/mol. The Morgan fingerprint density at radius 1 is 1.39 bits per heavy atom. The molecule has 0 aromatic carbocycles. The zero-order chi connectivity index (χ0) is 16.7. The molecule has 0 radical (unpaired) electrons. The zero-order valence-corrected chi connectivity index (χ0v) is 12.6. The number of fused-ring (bicyclic) bond motifs is 1. The van der Waals surface area contributed by atoms with Crippen molar-refractivity contribution in [3.05, 3.63) is 18.1 Å². The highest BCUT2D eigenvalue weighted by Gasteiger charge is 2.44. The fourth-order valence-corrected chi connectivity index (χ4v) is 2.54. The number of hydrogen-bond donors (Lipinski definition) is 5. The van der Waals surface area contributed by atoms with Crippen molar-refractivity contribution >= 4 is 34.1 Å². The second kappa shape index (κ2) is 5.86. The predicted molar refractivity (Wildman–Crippen MR) is 82.2 cm³/mol. The molecule has 1 aliphatic rings. The van der Waals surface area contributed by atoms with Crippen molar-refractivity contribution in [2.24, 2.45) is 5.73 Å². The molecule has 7 N–H and O–H groups in total. The lowest BCUT2D eigenvalue weighted by Crippen LogP contribution is -2.38. The van der Waals surface area contributed by atoms with E-state index in [1.54, 1.807) is 0 Å². The van der Waals surface area contributed by atoms with Gasteiger partial charge in [0.2, 0.25) is 0 Å². The first-order valence-electron chi connectivity index (χ1n) is 6.65. The van der Waals surface area contributed by atoms with Crippen LogP contribution in [-0.2, 0) is 4.74 Å². The molecular formula is C12H15N5O5S. The van der Waals surface area contributed by atoms with Gasteiger partial charge in [-0.2, -0.15) is 4.73 Å². The molecule has 1 saturated heterocycles. The van der Waals surface area contributed by atoms with Gasteiger partial charge in [0, 0.05) is 5.56 Å². The molecule has 3 rings (SSSR count). The SMILES string of the molecule is NC(=S)c1cn(O[C@@H]2O[C@H](CO)[C@@H](O)[C@H]2O)c2ncnc(N)c12. The summed E-state index contributed by atoms with van der Waals surface area (Å²) < 4.78 is 6.44. The summed E-state index contributed by atoms with van der Waals surface area (Å²) in [7, 11) is 0. The van der Waals surface area contributed by atoms with E-state index in [2.05, 4.69) is 9.97 Å². The first-order chi connectivity index (χ1) is 10.9. The Balaban J connectivity index is 1.98. The Morgan fingerprint density at radius 3 is 2.74 bits per heavy atom. The lowest BCUT2D eigenvalue weighted by molar-refractivity contribution is -0.168. The Bertz CT molecular complexity index is 753. The summed E-state index contributed by atoms with van der Waals surface area (Å²) in [5.74, 6) is 0.168. The van der Waals surface area contributed by atoms with Crippen LogP contribution in [0.15, 0.2) is 12.5 Å². The lowest BCUT2D eigenvalue weighted by Gasteiger charge is -2.17. The number of hydrogen-bond acceptors (Lipinski definition) is 9. The van der Waals surface area contributed by atoms with E-state index in [0.717, 1.165) is 0 Å². The van der Waals surface area contributed by atoms with Crippen LogP contribution >= 0.6 is 12.2 Å². The van der Waals surface area contributed by atoms with Crippen LogP contribution in [0.1, 0.15) is 5.56 Å². The van der Waals surface area contributed by atoms with Crippen LogP contribution in [0.25, 0.3) is 11.0 Å². The number of rotatable bonds is 4. The van der Waals surface area contributed by atoms with Gasteiger partial charge in [-0.1, -0.05) is 12.2 Å². The van der Waals surface area contributed by atoms with Crippen LogP contribution < -0.4 is 16.3 Å². The smallest absolute Gasteiger partial charge is 0.254 e. The van der Waals surface area contributed by atoms with Crippen LogP contribution in [0.3, 0.4) is 0 Å². The first kappa shape index (κ1) is 15.8. The molecule has 1 fully saturated rings. The van der Waals surface area contributed by atoms with Crippen LogP contribution in [0, 0.1) is 0 Å². The fourth-order valence-electron chi connectivity index (χ4n) is 2.39. The second-order valence-electron chi connectivity index (χ2n) is 5.00. The number of aromatic nitrogens is 3. The van der Waals surface area contributed by atoms with E-state index in [1.807, 2.05) is 0 Å². The number of anilines is 1. The largest absolute Gasteiger partial charge is 0.394 e. The normalized spacial score (nSPS) is 27.4. The molecule has 4 atom stereocenters. The fraction of sp³-hybridized carbons (Fsp3) is 0.417. The van der Waals surface area contributed by atoms with Gasteiger partial charge in [0.1, 0.15) is 35.4 Å². The number of nitrogens with two attached hydrogens (primary N) is 2. The minimum atomic E-state index is -1.35. The van der Waals surface area contributed by atoms with Crippen molar-refractivity contribution < 1.29 is 24.9 Å². The van der Waals surface area contributed by atoms with E-state index in [0.29, 0.717) is 10.9 Å². The summed E-state index contributed by atoms with van der Waals surface area (Å²) in [6.45, 7) is -0.461. The summed E-state index contributed by atoms with van der Waals surface area (Å²) in [4.78, 5) is 13.5. The van der Waals surface area contributed by atoms with Gasteiger partial charge in [0.25, 0.3) is 6.29 Å². The molecule has 0 spiro atoms. The standard InChI is InChI=1S/C12H15N5O5S/c13-9-6-4(10(14)23)1-17(11(6)16-3-15-9)22-12-8(20)7(19)5(2-18)21-12/h1,3,5,7-8,12,18-20H,2H2,(H2,14,23)(H2,13,15,16)/t5-,7-,8-,12+/m1/s1. The third-order valence-electron chi connectivity index (χ3n) is 3.56. The maximum Gasteiger partial charge on any atom is 0.254 e. The molecule has 11 heteroatoms. The van der Waals surface area contributed by atoms with Crippen molar-refractivity contribution in [3.63, 3.8) is 0 Å². The quantitative estimate of drug-likeness (QED) is 0.376. The number of thiocarbonyl (C=S) groups is 1. The molecule has 0 unspecified atom stereocenters. The van der Waals surface area contributed by atoms with E-state index in [4.69, 9.17) is 38.4 Å². The number of nitrogen functional groups attached to an aromatic ring is 1. The average Bonchev–Trinajstić information content (AvgIpc) is 3.02. The van der Waals surface area contributed by atoms with E-state index in [-0.39, 0.29) is 16.5 Å². The minimum Gasteiger partial charge on any atom is -0.394 e. The summed E-state index contributed by atoms with van der Waals surface area (Å²) in [6, 6.07) is 0. The Kier molecular flexibility index (Phi) is 4.04. The molecule has 23 heavy (non-hydrogen) atoms. The Labute approximate surface area is 135 Å². The topological polar surface area (TPSA) is 162 Å². The molecule has 2 aromatic rings. The van der Waals surface area contributed by atoms with Gasteiger partial charge in [-0.05, 0) is 0 Å². The highest BCUT2D eigenvalue weighted by molar-refractivity contribution is 7.80. The van der Waals surface area contributed by atoms with Crippen molar-refractivity contribution in [1.29, 1.82) is 0 Å². The molecule has 10 nitrogen and oxygen atoms in total. The van der Waals surface area contributed by atoms with Gasteiger partial charge < -0.3 is 36.4 Å². The maximum atomic E-state index is 9.93. The van der Waals surface area contributed by atoms with Crippen LogP contribution in [0.4, 0.5) is 5.82 Å². The molecule has 0 amide bonds. The molecule has 0 bridgehead atoms. The van der Waals surface area contributed by atoms with Crippen LogP contribution in [-0.4, -0.2) is 66.2 Å². The summed E-state index contributed by atoms with van der Waals surface area (Å²) in [5.41, 5.74) is 12.2. The van der Waals surface area contributed by atoms with Crippen LogP contribution in [0.5, 0.6) is 0 Å². The lowest BCUT2D eigenvalue weighted by atomic mass is 10.1. The average molecular weight is 341 g/mol. The van der Waals surface area contributed by atoms with E-state index < -0.39 is 31.2 Å². The summed E-state index contributed by atoms with van der Waals surface area (Å²) in [6.07, 6.45) is -2.12. The summed E-state index contributed by atoms with van der Waals surface area (Å²) in [5, 5.41) is 29.2. The molecule has 1 aliphatic heterocycles. The minimum absolute atomic E-state index is 0.0695. The van der Waals surface area contributed by atoms with Gasteiger partial charge >= 0.3 is 0 Å². The van der Waals surface area contributed by atoms with E-state index in [1.165, 1.54) is 17.3 Å². The van der Waals surface area contributed by atoms with Crippen molar-refractivity contribution in [1.82, 2.24) is 14.7 Å². The zero-order valence-electron chi connectivity index (χ0n) is 11.7. The molecule has 3 heterocycles. The number of ether oxygens (including phenoxy) is 1. The second-order valence-corrected chi connectivity index (χ2v) is 5.44. The maximum absolute atomic E-state index is 9.93. The number of aliphatic hydroxyl groups is 3. The molecule has 0 aliphatic carbocycles. The Hall–Kier alpha value is -2.05. The van der Waals surface area contributed by atoms with Gasteiger partial charge in [0.05, 0.1) is 18.2 Å². The third kappa shape index (κ3) is 2.58. The third-order valence-corrected chi connectivity index (χ3v) is 3.78. The summed E-state index contributed by atoms with van der Waals surface area (Å²) >= 11 is 4.97. The molecule has 124 valence electrons. The highest BCUT2D eigenvalue weighted by atomic mass is 32.1. The van der Waals surface area contributed by atoms with Crippen molar-refractivity contribution in [3.8, 4) is 0 Å². The van der Waals surface area contributed by atoms with E-state index >= 15 is 0 Å². The molecular weight excluding hydrogens is 326 g/mol. The number of nitrogens with zero attached hydrogens (tertiary/aromatic N) is 3. The Morgan fingerprint density at radius 2 is 2.13 bits per heavy atom. The first-order valence-corrected chi connectivity index (χ1v) is 7.05. The highest BCUT2D eigenvalue weighted by Crippen LogP contribution is 2.25. The van der Waals surface area contributed by atoms with Gasteiger partial charge in [-0.15, -0.1) is 0 Å². The van der Waals surface area contributed by atoms with Gasteiger partial charge in [0.15, 0.2) is 5.65 Å². The number of aliphatic hydroxyl groups excluding tert-OH is 3. The van der Waals surface area contributed by atoms with Crippen molar-refractivity contribution in [2.45, 2.75) is 24.6 Å². The van der Waals surface area contributed by atoms with Crippen LogP contribution in [0.2, 0.25) is 0 Å². The molecule has 0 saturated carbocycles. The van der Waals surface area contributed by atoms with Crippen molar-refractivity contribution in [2.75, 3.05) is 12.3 Å². The van der Waals surface area contributed by atoms with E-state index in [9.17, 15) is 10.2 Å². The van der Waals surface area contributed by atoms with Gasteiger partial charge in [-0.25, -0.2) is 9.97 Å². The predicted octanol–water partition coefficient (Wildman–Crippen LogP) is -2.48. The van der Waals surface area contributed by atoms with Gasteiger partial charge in [-0.3, -0.25) is 0 Å². The molecule has 2 aromatic heterocycles.